The third kappa shape index (κ3) is 4.42. The van der Waals surface area contributed by atoms with Crippen molar-refractivity contribution in [2.45, 2.75) is 66.2 Å². The molecular weight excluding hydrogens is 380 g/mol. The molecule has 0 amide bonds. The second kappa shape index (κ2) is 9.27. The van der Waals surface area contributed by atoms with Crippen molar-refractivity contribution in [2.24, 2.45) is 11.8 Å². The highest BCUT2D eigenvalue weighted by Crippen LogP contribution is 2.37. The molecule has 0 aromatic rings. The van der Waals surface area contributed by atoms with Gasteiger partial charge in [0.2, 0.25) is 0 Å². The minimum atomic E-state index is -0.198. The molecule has 0 aromatic heterocycles. The summed E-state index contributed by atoms with van der Waals surface area (Å²) in [6.45, 7) is 9.19. The Kier molecular flexibility index (Phi) is 6.94. The summed E-state index contributed by atoms with van der Waals surface area (Å²) in [4.78, 5) is 53.6. The number of Topliss-reactive ketones (excluding diaryl/α,β-unsaturated/α-hetero) is 4. The van der Waals surface area contributed by atoms with Crippen LogP contribution in [-0.2, 0) is 19.2 Å². The number of carbonyl (C=O) groups excluding carboxylic acids is 4. The van der Waals surface area contributed by atoms with Crippen LogP contribution in [0, 0.1) is 11.8 Å². The molecule has 3 rings (SSSR count). The van der Waals surface area contributed by atoms with Gasteiger partial charge in [0.1, 0.15) is 11.6 Å². The Balaban J connectivity index is 1.87. The summed E-state index contributed by atoms with van der Waals surface area (Å²) in [5.41, 5.74) is 3.46. The number of carbonyl (C=O) groups is 4. The van der Waals surface area contributed by atoms with Gasteiger partial charge in [0, 0.05) is 48.7 Å². The highest BCUT2D eigenvalue weighted by atomic mass is 16.1. The first kappa shape index (κ1) is 22.4. The van der Waals surface area contributed by atoms with Crippen molar-refractivity contribution in [2.75, 3.05) is 26.2 Å². The van der Waals surface area contributed by atoms with Crippen molar-refractivity contribution >= 4 is 23.1 Å². The zero-order valence-corrected chi connectivity index (χ0v) is 18.8. The Morgan fingerprint density at radius 2 is 0.967 bits per heavy atom. The van der Waals surface area contributed by atoms with Crippen LogP contribution in [0.2, 0.25) is 0 Å². The third-order valence-corrected chi connectivity index (χ3v) is 6.91. The van der Waals surface area contributed by atoms with E-state index in [0.29, 0.717) is 26.2 Å². The highest BCUT2D eigenvalue weighted by molar-refractivity contribution is 5.96. The summed E-state index contributed by atoms with van der Waals surface area (Å²) in [5, 5.41) is 0. The van der Waals surface area contributed by atoms with E-state index in [1.165, 1.54) is 0 Å². The fourth-order valence-corrected chi connectivity index (χ4v) is 5.43. The van der Waals surface area contributed by atoms with Crippen LogP contribution in [0.5, 0.6) is 0 Å². The predicted octanol–water partition coefficient (Wildman–Crippen LogP) is 3.07. The molecule has 1 heterocycles. The van der Waals surface area contributed by atoms with E-state index in [-0.39, 0.29) is 35.0 Å². The van der Waals surface area contributed by atoms with Gasteiger partial charge in [-0.1, -0.05) is 0 Å². The second-order valence-corrected chi connectivity index (χ2v) is 8.92. The summed E-state index contributed by atoms with van der Waals surface area (Å²) in [6.07, 6.45) is 4.82. The monoisotopic (exact) mass is 414 g/mol. The third-order valence-electron chi connectivity index (χ3n) is 6.91. The van der Waals surface area contributed by atoms with Crippen molar-refractivity contribution < 1.29 is 19.2 Å². The van der Waals surface area contributed by atoms with Gasteiger partial charge in [0.05, 0.1) is 11.8 Å². The van der Waals surface area contributed by atoms with E-state index in [1.54, 1.807) is 27.7 Å². The van der Waals surface area contributed by atoms with Gasteiger partial charge in [-0.15, -0.1) is 0 Å². The lowest BCUT2D eigenvalue weighted by Gasteiger charge is -2.45. The highest BCUT2D eigenvalue weighted by Gasteiger charge is 2.36. The van der Waals surface area contributed by atoms with Gasteiger partial charge in [-0.05, 0) is 66.2 Å². The lowest BCUT2D eigenvalue weighted by atomic mass is 9.81. The minimum absolute atomic E-state index is 0.0591. The number of piperazine rings is 1. The van der Waals surface area contributed by atoms with E-state index in [2.05, 4.69) is 9.80 Å². The molecule has 6 heteroatoms. The van der Waals surface area contributed by atoms with Gasteiger partial charge < -0.3 is 9.80 Å². The number of allylic oxidation sites excluding steroid dienone is 4. The van der Waals surface area contributed by atoms with Crippen LogP contribution in [0.25, 0.3) is 0 Å². The van der Waals surface area contributed by atoms with Crippen LogP contribution in [-0.4, -0.2) is 59.1 Å². The Morgan fingerprint density at radius 1 is 0.633 bits per heavy atom. The largest absolute Gasteiger partial charge is 0.370 e. The molecule has 0 spiro atoms. The van der Waals surface area contributed by atoms with Gasteiger partial charge in [0.15, 0.2) is 11.6 Å². The molecular formula is C24H34N2O4. The molecule has 2 atom stereocenters. The van der Waals surface area contributed by atoms with Crippen molar-refractivity contribution in [1.29, 1.82) is 0 Å². The normalized spacial score (nSPS) is 25.5. The first-order valence-corrected chi connectivity index (χ1v) is 11.2. The number of hydrogen-bond donors (Lipinski definition) is 0. The van der Waals surface area contributed by atoms with Crippen LogP contribution in [0.1, 0.15) is 66.2 Å². The van der Waals surface area contributed by atoms with E-state index < -0.39 is 0 Å². The zero-order chi connectivity index (χ0) is 22.0. The second-order valence-electron chi connectivity index (χ2n) is 8.92. The van der Waals surface area contributed by atoms with Gasteiger partial charge in [-0.25, -0.2) is 0 Å². The molecule has 3 aliphatic rings. The molecule has 164 valence electrons. The van der Waals surface area contributed by atoms with E-state index in [4.69, 9.17) is 0 Å². The molecule has 0 radical (unpaired) electrons. The first-order chi connectivity index (χ1) is 14.2. The Bertz CT molecular complexity index is 747. The average Bonchev–Trinajstić information content (AvgIpc) is 2.72. The Morgan fingerprint density at radius 3 is 1.23 bits per heavy atom. The smallest absolute Gasteiger partial charge is 0.157 e. The van der Waals surface area contributed by atoms with Crippen LogP contribution < -0.4 is 0 Å². The standard InChI is InChI=1S/C24H34N2O4/c1-15(27)19-7-5-8-20(16(2)28)23(19)25-11-13-26(14-12-25)24-21(17(3)29)9-6-10-22(24)18(4)30/h19,21H,5-14H2,1-4H3. The fraction of sp³-hybridized carbons (Fsp3) is 0.667. The van der Waals surface area contributed by atoms with Crippen molar-refractivity contribution in [3.8, 4) is 0 Å². The number of rotatable bonds is 6. The van der Waals surface area contributed by atoms with Crippen LogP contribution in [0.15, 0.2) is 22.5 Å². The first-order valence-electron chi connectivity index (χ1n) is 11.2. The van der Waals surface area contributed by atoms with Crippen LogP contribution in [0.4, 0.5) is 0 Å². The zero-order valence-electron chi connectivity index (χ0n) is 18.8. The molecule has 0 saturated carbocycles. The van der Waals surface area contributed by atoms with E-state index in [1.807, 2.05) is 0 Å². The van der Waals surface area contributed by atoms with Gasteiger partial charge in [-0.2, -0.15) is 0 Å². The summed E-state index contributed by atoms with van der Waals surface area (Å²) < 4.78 is 0. The van der Waals surface area contributed by atoms with Crippen molar-refractivity contribution in [3.63, 3.8) is 0 Å². The number of ketones is 4. The lowest BCUT2D eigenvalue weighted by molar-refractivity contribution is -0.122. The van der Waals surface area contributed by atoms with Crippen LogP contribution in [0.3, 0.4) is 0 Å². The summed E-state index contributed by atoms with van der Waals surface area (Å²) in [5.74, 6) is -0.0350. The molecule has 1 aliphatic heterocycles. The van der Waals surface area contributed by atoms with Crippen molar-refractivity contribution in [1.82, 2.24) is 9.80 Å². The summed E-state index contributed by atoms with van der Waals surface area (Å²) in [7, 11) is 0. The van der Waals surface area contributed by atoms with Gasteiger partial charge >= 0.3 is 0 Å². The maximum Gasteiger partial charge on any atom is 0.157 e. The molecule has 1 fully saturated rings. The topological polar surface area (TPSA) is 74.8 Å². The van der Waals surface area contributed by atoms with E-state index in [9.17, 15) is 19.2 Å². The Labute approximate surface area is 179 Å². The quantitative estimate of drug-likeness (QED) is 0.665. The lowest BCUT2D eigenvalue weighted by Crippen LogP contribution is -2.50. The van der Waals surface area contributed by atoms with E-state index in [0.717, 1.165) is 61.1 Å². The molecule has 2 unspecified atom stereocenters. The molecule has 0 bridgehead atoms. The molecule has 6 nitrogen and oxygen atoms in total. The van der Waals surface area contributed by atoms with E-state index >= 15 is 0 Å². The minimum Gasteiger partial charge on any atom is -0.370 e. The average molecular weight is 415 g/mol. The maximum atomic E-state index is 12.3. The molecule has 0 N–H and O–H groups in total. The number of nitrogens with zero attached hydrogens (tertiary/aromatic N) is 2. The SMILES string of the molecule is CC(=O)C1=C(N2CCN(C3=C(C(C)=O)CCCC3C(C)=O)CC2)C(C(C)=O)CCC1. The summed E-state index contributed by atoms with van der Waals surface area (Å²) >= 11 is 0. The summed E-state index contributed by atoms with van der Waals surface area (Å²) in [6, 6.07) is 0. The molecule has 1 saturated heterocycles. The Hall–Kier alpha value is -2.24. The molecule has 2 aliphatic carbocycles. The van der Waals surface area contributed by atoms with Crippen LogP contribution >= 0.6 is 0 Å². The van der Waals surface area contributed by atoms with Crippen molar-refractivity contribution in [3.05, 3.63) is 22.5 Å². The van der Waals surface area contributed by atoms with Gasteiger partial charge in [-0.3, -0.25) is 19.2 Å². The predicted molar refractivity (Wildman–Crippen MR) is 115 cm³/mol. The maximum absolute atomic E-state index is 12.3. The fourth-order valence-electron chi connectivity index (χ4n) is 5.43. The number of hydrogen-bond acceptors (Lipinski definition) is 6. The van der Waals surface area contributed by atoms with Gasteiger partial charge in [0.25, 0.3) is 0 Å². The molecule has 0 aromatic carbocycles. The molecule has 30 heavy (non-hydrogen) atoms.